The lowest BCUT2D eigenvalue weighted by molar-refractivity contribution is -0.131. The molecule has 0 aliphatic heterocycles. The third-order valence-electron chi connectivity index (χ3n) is 5.77. The molecule has 1 aromatic heterocycles. The summed E-state index contributed by atoms with van der Waals surface area (Å²) in [6.07, 6.45) is 2.42. The zero-order chi connectivity index (χ0) is 21.8. The third kappa shape index (κ3) is 5.31. The molecular weight excluding hydrogens is 428 g/mol. The van der Waals surface area contributed by atoms with Crippen LogP contribution in [-0.2, 0) is 17.9 Å². The number of carbonyl (C=O) groups is 1. The van der Waals surface area contributed by atoms with E-state index in [9.17, 15) is 4.79 Å². The van der Waals surface area contributed by atoms with Crippen molar-refractivity contribution in [3.05, 3.63) is 65.2 Å². The smallest absolute Gasteiger partial charge is 0.233 e. The van der Waals surface area contributed by atoms with E-state index in [4.69, 9.17) is 11.6 Å². The Morgan fingerprint density at radius 1 is 1.16 bits per heavy atom. The summed E-state index contributed by atoms with van der Waals surface area (Å²) < 4.78 is 2.05. The van der Waals surface area contributed by atoms with Gasteiger partial charge in [0.15, 0.2) is 11.0 Å². The fourth-order valence-electron chi connectivity index (χ4n) is 3.77. The topological polar surface area (TPSA) is 51.0 Å². The lowest BCUT2D eigenvalue weighted by Crippen LogP contribution is -2.40. The van der Waals surface area contributed by atoms with Gasteiger partial charge in [0.2, 0.25) is 5.91 Å². The highest BCUT2D eigenvalue weighted by atomic mass is 35.5. The van der Waals surface area contributed by atoms with Crippen molar-refractivity contribution >= 4 is 29.3 Å². The Bertz CT molecular complexity index is 1020. The summed E-state index contributed by atoms with van der Waals surface area (Å²) in [5.41, 5.74) is 2.13. The highest BCUT2D eigenvalue weighted by molar-refractivity contribution is 7.99. The van der Waals surface area contributed by atoms with Gasteiger partial charge in [-0.15, -0.1) is 10.2 Å². The Hall–Kier alpha value is -2.31. The van der Waals surface area contributed by atoms with Gasteiger partial charge < -0.3 is 9.47 Å². The fourth-order valence-corrected chi connectivity index (χ4v) is 4.79. The molecule has 0 spiro atoms. The molecular formula is C24H27ClN4OS. The van der Waals surface area contributed by atoms with Crippen molar-refractivity contribution in [2.75, 3.05) is 5.75 Å². The molecule has 1 aliphatic carbocycles. The van der Waals surface area contributed by atoms with Crippen molar-refractivity contribution in [2.45, 2.75) is 51.0 Å². The maximum Gasteiger partial charge on any atom is 0.233 e. The number of hydrogen-bond acceptors (Lipinski definition) is 4. The monoisotopic (exact) mass is 454 g/mol. The molecule has 1 saturated carbocycles. The highest BCUT2D eigenvalue weighted by Crippen LogP contribution is 2.36. The van der Waals surface area contributed by atoms with Gasteiger partial charge in [0.25, 0.3) is 0 Å². The van der Waals surface area contributed by atoms with E-state index in [1.807, 2.05) is 51.9 Å². The molecule has 31 heavy (non-hydrogen) atoms. The molecule has 7 heteroatoms. The number of benzene rings is 2. The first-order valence-electron chi connectivity index (χ1n) is 10.7. The molecule has 0 radical (unpaired) electrons. The van der Waals surface area contributed by atoms with Gasteiger partial charge in [-0.25, -0.2) is 0 Å². The van der Waals surface area contributed by atoms with E-state index in [0.717, 1.165) is 28.7 Å². The van der Waals surface area contributed by atoms with Gasteiger partial charge in [0.05, 0.1) is 5.75 Å². The predicted octanol–water partition coefficient (Wildman–Crippen LogP) is 5.54. The van der Waals surface area contributed by atoms with Gasteiger partial charge in [-0.2, -0.15) is 0 Å². The SMILES string of the molecule is CCn1c(SCC(=O)N(Cc2ccccc2)C(C)C2CC2)nnc1-c1ccc(Cl)cc1. The van der Waals surface area contributed by atoms with Crippen LogP contribution in [0.5, 0.6) is 0 Å². The average Bonchev–Trinajstić information content (AvgIpc) is 3.56. The summed E-state index contributed by atoms with van der Waals surface area (Å²) in [6, 6.07) is 18.1. The number of halogens is 1. The summed E-state index contributed by atoms with van der Waals surface area (Å²) in [6.45, 7) is 5.62. The number of rotatable bonds is 9. The van der Waals surface area contributed by atoms with Crippen LogP contribution in [0.4, 0.5) is 0 Å². The number of hydrogen-bond donors (Lipinski definition) is 0. The van der Waals surface area contributed by atoms with Crippen LogP contribution >= 0.6 is 23.4 Å². The van der Waals surface area contributed by atoms with Crippen LogP contribution in [-0.4, -0.2) is 37.4 Å². The molecule has 0 saturated heterocycles. The highest BCUT2D eigenvalue weighted by Gasteiger charge is 2.34. The minimum absolute atomic E-state index is 0.145. The maximum absolute atomic E-state index is 13.2. The molecule has 162 valence electrons. The van der Waals surface area contributed by atoms with Gasteiger partial charge in [-0.05, 0) is 62.4 Å². The van der Waals surface area contributed by atoms with E-state index >= 15 is 0 Å². The fraction of sp³-hybridized carbons (Fsp3) is 0.375. The van der Waals surface area contributed by atoms with E-state index in [0.29, 0.717) is 23.2 Å². The van der Waals surface area contributed by atoms with Crippen molar-refractivity contribution in [3.8, 4) is 11.4 Å². The summed E-state index contributed by atoms with van der Waals surface area (Å²) in [4.78, 5) is 15.3. The minimum atomic E-state index is 0.145. The van der Waals surface area contributed by atoms with Crippen molar-refractivity contribution in [1.29, 1.82) is 0 Å². The predicted molar refractivity (Wildman–Crippen MR) is 126 cm³/mol. The van der Waals surface area contributed by atoms with E-state index in [-0.39, 0.29) is 11.9 Å². The van der Waals surface area contributed by atoms with Crippen LogP contribution in [0.1, 0.15) is 32.3 Å². The van der Waals surface area contributed by atoms with Gasteiger partial charge in [-0.1, -0.05) is 53.7 Å². The minimum Gasteiger partial charge on any atom is -0.335 e. The van der Waals surface area contributed by atoms with E-state index in [1.54, 1.807) is 0 Å². The number of thioether (sulfide) groups is 1. The molecule has 2 aromatic carbocycles. The van der Waals surface area contributed by atoms with Crippen LogP contribution in [0.15, 0.2) is 59.8 Å². The summed E-state index contributed by atoms with van der Waals surface area (Å²) in [5.74, 6) is 1.91. The Morgan fingerprint density at radius 2 is 1.87 bits per heavy atom. The summed E-state index contributed by atoms with van der Waals surface area (Å²) in [7, 11) is 0. The largest absolute Gasteiger partial charge is 0.335 e. The molecule has 4 rings (SSSR count). The molecule has 1 atom stereocenters. The van der Waals surface area contributed by atoms with Crippen molar-refractivity contribution < 1.29 is 4.79 Å². The second-order valence-electron chi connectivity index (χ2n) is 7.93. The van der Waals surface area contributed by atoms with Gasteiger partial charge in [-0.3, -0.25) is 4.79 Å². The van der Waals surface area contributed by atoms with Crippen LogP contribution < -0.4 is 0 Å². The Labute approximate surface area is 192 Å². The maximum atomic E-state index is 13.2. The molecule has 3 aromatic rings. The average molecular weight is 455 g/mol. The standard InChI is InChI=1S/C24H27ClN4OS/c1-3-28-23(20-11-13-21(25)14-12-20)26-27-24(28)31-16-22(30)29(17(2)19-9-10-19)15-18-7-5-4-6-8-18/h4-8,11-14,17,19H,3,9-10,15-16H2,1-2H3. The molecule has 1 amide bonds. The first-order chi connectivity index (χ1) is 15.1. The molecule has 1 aliphatic rings. The molecule has 1 fully saturated rings. The summed E-state index contributed by atoms with van der Waals surface area (Å²) in [5, 5.41) is 10.2. The van der Waals surface area contributed by atoms with Crippen molar-refractivity contribution in [3.63, 3.8) is 0 Å². The lowest BCUT2D eigenvalue weighted by Gasteiger charge is -2.29. The Morgan fingerprint density at radius 3 is 2.52 bits per heavy atom. The van der Waals surface area contributed by atoms with Crippen LogP contribution in [0.25, 0.3) is 11.4 Å². The van der Waals surface area contributed by atoms with Crippen molar-refractivity contribution in [1.82, 2.24) is 19.7 Å². The zero-order valence-corrected chi connectivity index (χ0v) is 19.4. The first-order valence-corrected chi connectivity index (χ1v) is 12.1. The molecule has 0 bridgehead atoms. The molecule has 0 N–H and O–H groups in total. The van der Waals surface area contributed by atoms with E-state index < -0.39 is 0 Å². The first kappa shape index (κ1) is 21.9. The normalized spacial score (nSPS) is 14.4. The zero-order valence-electron chi connectivity index (χ0n) is 17.9. The number of aromatic nitrogens is 3. The second kappa shape index (κ2) is 9.88. The van der Waals surface area contributed by atoms with Crippen molar-refractivity contribution in [2.24, 2.45) is 5.92 Å². The lowest BCUT2D eigenvalue weighted by atomic mass is 10.1. The summed E-state index contributed by atoms with van der Waals surface area (Å²) >= 11 is 7.47. The Kier molecular flexibility index (Phi) is 6.98. The quantitative estimate of drug-likeness (QED) is 0.398. The molecule has 1 unspecified atom stereocenters. The van der Waals surface area contributed by atoms with Crippen LogP contribution in [0, 0.1) is 5.92 Å². The third-order valence-corrected chi connectivity index (χ3v) is 6.98. The van der Waals surface area contributed by atoms with Gasteiger partial charge in [0, 0.05) is 29.7 Å². The number of carbonyl (C=O) groups excluding carboxylic acids is 1. The molecule has 1 heterocycles. The second-order valence-corrected chi connectivity index (χ2v) is 9.31. The number of amides is 1. The van der Waals surface area contributed by atoms with E-state index in [1.165, 1.54) is 24.6 Å². The van der Waals surface area contributed by atoms with E-state index in [2.05, 4.69) is 36.2 Å². The number of nitrogens with zero attached hydrogens (tertiary/aromatic N) is 4. The molecule has 5 nitrogen and oxygen atoms in total. The Balaban J connectivity index is 1.47. The van der Waals surface area contributed by atoms with Gasteiger partial charge in [0.1, 0.15) is 0 Å². The van der Waals surface area contributed by atoms with Crippen LogP contribution in [0.2, 0.25) is 5.02 Å². The van der Waals surface area contributed by atoms with Crippen LogP contribution in [0.3, 0.4) is 0 Å². The van der Waals surface area contributed by atoms with Gasteiger partial charge >= 0.3 is 0 Å².